The van der Waals surface area contributed by atoms with E-state index in [1.165, 1.54) is 89.1 Å². The van der Waals surface area contributed by atoms with E-state index in [9.17, 15) is 0 Å². The van der Waals surface area contributed by atoms with Gasteiger partial charge < -0.3 is 24.2 Å². The van der Waals surface area contributed by atoms with Gasteiger partial charge in [0.25, 0.3) is 0 Å². The molecule has 0 atom stereocenters. The Kier molecular flexibility index (Phi) is 12.5. The van der Waals surface area contributed by atoms with Crippen molar-refractivity contribution in [1.82, 2.24) is 4.57 Å². The SMILES string of the molecule is CC1(C)c2ccccc2-c2ccc(N(c3ccc(-c4ccc(N(c5ccc6c(c5)C(C)(C)c5ccccc5N6c5ccccc5)c5ccc6c(c5)c5ccccc5n6-c5ccccc5)cc4)cc3)c3ccc4c(c3)C(C)(C)c3ccccc3N4c3ccccc3)cc21. The van der Waals surface area contributed by atoms with Crippen molar-refractivity contribution in [1.29, 1.82) is 0 Å². The van der Waals surface area contributed by atoms with Gasteiger partial charge in [-0.05, 0) is 201 Å². The number of para-hydroxylation sites is 6. The Balaban J connectivity index is 0.785. The van der Waals surface area contributed by atoms with Crippen LogP contribution in [-0.2, 0) is 16.2 Å². The molecule has 0 fully saturated rings. The highest BCUT2D eigenvalue weighted by molar-refractivity contribution is 6.11. The summed E-state index contributed by atoms with van der Waals surface area (Å²) in [5, 5.41) is 2.42. The van der Waals surface area contributed by atoms with Gasteiger partial charge in [0.05, 0.1) is 33.8 Å². The smallest absolute Gasteiger partial charge is 0.0542 e. The first kappa shape index (κ1) is 55.0. The number of anilines is 12. The monoisotopic (exact) mass is 1180 g/mol. The third-order valence-electron chi connectivity index (χ3n) is 20.3. The Bertz CT molecular complexity index is 5200. The molecule has 0 saturated heterocycles. The summed E-state index contributed by atoms with van der Waals surface area (Å²) in [4.78, 5) is 9.80. The minimum atomic E-state index is -0.299. The fourth-order valence-corrected chi connectivity index (χ4v) is 15.7. The van der Waals surface area contributed by atoms with Gasteiger partial charge in [0, 0.05) is 78.2 Å². The molecule has 1 aliphatic carbocycles. The number of rotatable bonds is 10. The molecule has 0 amide bonds. The molecule has 3 aliphatic rings. The normalized spacial score (nSPS) is 14.4. The third-order valence-corrected chi connectivity index (χ3v) is 20.3. The molecule has 13 aromatic carbocycles. The maximum atomic E-state index is 2.47. The second kappa shape index (κ2) is 21.0. The van der Waals surface area contributed by atoms with Crippen molar-refractivity contribution in [2.45, 2.75) is 57.8 Å². The van der Waals surface area contributed by atoms with Crippen molar-refractivity contribution in [3.05, 3.63) is 343 Å². The van der Waals surface area contributed by atoms with E-state index in [-0.39, 0.29) is 16.2 Å². The second-order valence-electron chi connectivity index (χ2n) is 26.6. The van der Waals surface area contributed by atoms with Crippen molar-refractivity contribution >= 4 is 90.1 Å². The molecule has 0 bridgehead atoms. The zero-order valence-electron chi connectivity index (χ0n) is 52.7. The fourth-order valence-electron chi connectivity index (χ4n) is 15.7. The minimum Gasteiger partial charge on any atom is -0.310 e. The first-order chi connectivity index (χ1) is 44.9. The lowest BCUT2D eigenvalue weighted by Crippen LogP contribution is -2.31. The molecule has 2 aliphatic heterocycles. The van der Waals surface area contributed by atoms with Crippen LogP contribution in [0.3, 0.4) is 0 Å². The fraction of sp³-hybridized carbons (Fsp3) is 0.103. The molecule has 14 aromatic rings. The third kappa shape index (κ3) is 8.52. The van der Waals surface area contributed by atoms with Crippen LogP contribution in [0.25, 0.3) is 49.7 Å². The first-order valence-corrected chi connectivity index (χ1v) is 32.2. The summed E-state index contributed by atoms with van der Waals surface area (Å²) in [6, 6.07) is 115. The van der Waals surface area contributed by atoms with Crippen LogP contribution in [0.4, 0.5) is 68.2 Å². The van der Waals surface area contributed by atoms with Gasteiger partial charge in [0.15, 0.2) is 0 Å². The van der Waals surface area contributed by atoms with Crippen LogP contribution in [0.1, 0.15) is 74.9 Å². The van der Waals surface area contributed by atoms with Gasteiger partial charge in [0.2, 0.25) is 0 Å². The molecule has 5 nitrogen and oxygen atoms in total. The topological polar surface area (TPSA) is 17.9 Å². The van der Waals surface area contributed by atoms with Gasteiger partial charge in [-0.1, -0.05) is 205 Å². The van der Waals surface area contributed by atoms with Crippen molar-refractivity contribution < 1.29 is 0 Å². The maximum absolute atomic E-state index is 2.47. The quantitative estimate of drug-likeness (QED) is 0.136. The second-order valence-corrected chi connectivity index (χ2v) is 26.6. The van der Waals surface area contributed by atoms with E-state index in [1.54, 1.807) is 0 Å². The van der Waals surface area contributed by atoms with Crippen LogP contribution in [0.2, 0.25) is 0 Å². The average Bonchev–Trinajstić information content (AvgIpc) is 0.990. The Morgan fingerprint density at radius 1 is 0.239 bits per heavy atom. The summed E-state index contributed by atoms with van der Waals surface area (Å²) in [5.41, 5.74) is 29.2. The number of nitrogens with zero attached hydrogens (tertiary/aromatic N) is 5. The lowest BCUT2D eigenvalue weighted by atomic mass is 9.73. The molecule has 0 unspecified atom stereocenters. The summed E-state index contributed by atoms with van der Waals surface area (Å²) < 4.78 is 2.40. The molecular formula is C87H69N5. The molecule has 0 saturated carbocycles. The van der Waals surface area contributed by atoms with Gasteiger partial charge in [-0.3, -0.25) is 0 Å². The average molecular weight is 1180 g/mol. The largest absolute Gasteiger partial charge is 0.310 e. The summed E-state index contributed by atoms with van der Waals surface area (Å²) in [5.74, 6) is 0. The van der Waals surface area contributed by atoms with Crippen molar-refractivity contribution in [3.63, 3.8) is 0 Å². The van der Waals surface area contributed by atoms with E-state index in [0.717, 1.165) is 62.3 Å². The van der Waals surface area contributed by atoms with Gasteiger partial charge in [-0.15, -0.1) is 0 Å². The van der Waals surface area contributed by atoms with Crippen molar-refractivity contribution in [2.24, 2.45) is 0 Å². The van der Waals surface area contributed by atoms with Crippen LogP contribution in [-0.4, -0.2) is 4.57 Å². The molecule has 3 heterocycles. The zero-order chi connectivity index (χ0) is 62.0. The van der Waals surface area contributed by atoms with Crippen LogP contribution in [0, 0.1) is 0 Å². The summed E-state index contributed by atoms with van der Waals surface area (Å²) in [6.45, 7) is 14.3. The molecule has 1 aromatic heterocycles. The molecule has 92 heavy (non-hydrogen) atoms. The maximum Gasteiger partial charge on any atom is 0.0542 e. The van der Waals surface area contributed by atoms with E-state index in [2.05, 4.69) is 375 Å². The van der Waals surface area contributed by atoms with Crippen LogP contribution in [0.5, 0.6) is 0 Å². The lowest BCUT2D eigenvalue weighted by molar-refractivity contribution is 0.632. The number of benzene rings is 13. The minimum absolute atomic E-state index is 0.168. The number of aromatic nitrogens is 1. The Morgan fingerprint density at radius 2 is 0.598 bits per heavy atom. The zero-order valence-corrected chi connectivity index (χ0v) is 52.7. The predicted molar refractivity (Wildman–Crippen MR) is 387 cm³/mol. The lowest BCUT2D eigenvalue weighted by Gasteiger charge is -2.42. The van der Waals surface area contributed by atoms with E-state index in [0.29, 0.717) is 0 Å². The highest BCUT2D eigenvalue weighted by Crippen LogP contribution is 2.57. The van der Waals surface area contributed by atoms with Crippen LogP contribution in [0.15, 0.2) is 309 Å². The van der Waals surface area contributed by atoms with E-state index < -0.39 is 0 Å². The highest BCUT2D eigenvalue weighted by atomic mass is 15.2. The molecule has 17 rings (SSSR count). The number of hydrogen-bond acceptors (Lipinski definition) is 4. The van der Waals surface area contributed by atoms with E-state index >= 15 is 0 Å². The molecule has 0 spiro atoms. The van der Waals surface area contributed by atoms with E-state index in [4.69, 9.17) is 0 Å². The Hall–Kier alpha value is -11.1. The summed E-state index contributed by atoms with van der Waals surface area (Å²) in [7, 11) is 0. The molecule has 442 valence electrons. The van der Waals surface area contributed by atoms with Gasteiger partial charge in [-0.25, -0.2) is 0 Å². The standard InChI is InChI=1S/C87H69N5/c1-85(2)73-32-18-16-30-69(73)70-50-46-66(55-76(70)85)89(68-49-53-84-78(57-68)87(5,6)75-34-20-23-37-82(75)92(84)62-28-14-9-15-29-62)64-44-40-59(41-45-64)58-38-42-63(43-39-58)88(65-47-51-80-72(54-65)71-31-17-21-35-79(71)90(80)60-24-10-7-11-25-60)67-48-52-83-77(56-67)86(3,4)74-33-19-22-36-81(74)91(83)61-26-12-8-13-27-61/h7-57H,1-6H3. The van der Waals surface area contributed by atoms with Crippen LogP contribution < -0.4 is 19.6 Å². The summed E-state index contributed by atoms with van der Waals surface area (Å²) in [6.07, 6.45) is 0. The molecule has 5 heteroatoms. The molecule has 0 N–H and O–H groups in total. The number of fused-ring (bicyclic) bond motifs is 10. The van der Waals surface area contributed by atoms with Gasteiger partial charge in [0.1, 0.15) is 0 Å². The van der Waals surface area contributed by atoms with Crippen molar-refractivity contribution in [2.75, 3.05) is 19.6 Å². The number of hydrogen-bond donors (Lipinski definition) is 0. The van der Waals surface area contributed by atoms with E-state index in [1.807, 2.05) is 0 Å². The Morgan fingerprint density at radius 3 is 1.13 bits per heavy atom. The summed E-state index contributed by atoms with van der Waals surface area (Å²) >= 11 is 0. The van der Waals surface area contributed by atoms with Gasteiger partial charge in [-0.2, -0.15) is 0 Å². The predicted octanol–water partition coefficient (Wildman–Crippen LogP) is 23.9. The Labute approximate surface area is 539 Å². The molecular weight excluding hydrogens is 1110 g/mol. The first-order valence-electron chi connectivity index (χ1n) is 32.2. The molecule has 0 radical (unpaired) electrons. The van der Waals surface area contributed by atoms with Gasteiger partial charge >= 0.3 is 0 Å². The van der Waals surface area contributed by atoms with Crippen LogP contribution >= 0.6 is 0 Å². The highest BCUT2D eigenvalue weighted by Gasteiger charge is 2.40. The van der Waals surface area contributed by atoms with Crippen molar-refractivity contribution in [3.8, 4) is 27.9 Å².